The van der Waals surface area contributed by atoms with Crippen molar-refractivity contribution in [1.82, 2.24) is 4.90 Å². The monoisotopic (exact) mass is 218 g/mol. The number of nitrogens with two attached hydrogens (primary N) is 1. The molecule has 0 unspecified atom stereocenters. The third kappa shape index (κ3) is 2.13. The maximum Gasteiger partial charge on any atom is 0.0320 e. The van der Waals surface area contributed by atoms with Gasteiger partial charge in [0.25, 0.3) is 0 Å². The lowest BCUT2D eigenvalue weighted by Gasteiger charge is -2.26. The minimum Gasteiger partial charge on any atom is -0.326 e. The molecule has 1 saturated heterocycles. The lowest BCUT2D eigenvalue weighted by atomic mass is 9.89. The molecule has 0 spiro atoms. The summed E-state index contributed by atoms with van der Waals surface area (Å²) in [7, 11) is 0. The van der Waals surface area contributed by atoms with Gasteiger partial charge in [0.1, 0.15) is 0 Å². The molecule has 2 atom stereocenters. The minimum atomic E-state index is 0.239. The fourth-order valence-corrected chi connectivity index (χ4v) is 2.44. The van der Waals surface area contributed by atoms with Crippen LogP contribution < -0.4 is 5.73 Å². The maximum atomic E-state index is 6.18. The molecular formula is C14H22N2. The molecule has 0 radical (unpaired) electrons. The highest BCUT2D eigenvalue weighted by molar-refractivity contribution is 5.19. The van der Waals surface area contributed by atoms with Crippen molar-refractivity contribution in [2.24, 2.45) is 11.1 Å². The molecule has 2 rings (SSSR count). The Labute approximate surface area is 98.4 Å². The van der Waals surface area contributed by atoms with E-state index in [2.05, 4.69) is 56.0 Å². The molecule has 1 aromatic carbocycles. The highest BCUT2D eigenvalue weighted by Gasteiger charge is 2.38. The van der Waals surface area contributed by atoms with Gasteiger partial charge in [0, 0.05) is 25.2 Å². The Morgan fingerprint density at radius 3 is 2.44 bits per heavy atom. The van der Waals surface area contributed by atoms with Gasteiger partial charge in [-0.2, -0.15) is 0 Å². The molecule has 1 aromatic rings. The number of benzene rings is 1. The Morgan fingerprint density at radius 2 is 1.94 bits per heavy atom. The summed E-state index contributed by atoms with van der Waals surface area (Å²) in [6.07, 6.45) is 0. The van der Waals surface area contributed by atoms with Crippen LogP contribution in [0.15, 0.2) is 30.3 Å². The zero-order chi connectivity index (χ0) is 11.8. The minimum absolute atomic E-state index is 0.239. The Kier molecular flexibility index (Phi) is 3.04. The van der Waals surface area contributed by atoms with Crippen LogP contribution >= 0.6 is 0 Å². The van der Waals surface area contributed by atoms with Gasteiger partial charge >= 0.3 is 0 Å². The van der Waals surface area contributed by atoms with E-state index >= 15 is 0 Å². The highest BCUT2D eigenvalue weighted by atomic mass is 15.2. The predicted molar refractivity (Wildman–Crippen MR) is 68.2 cm³/mol. The number of rotatable bonds is 2. The van der Waals surface area contributed by atoms with Gasteiger partial charge in [0.05, 0.1) is 0 Å². The van der Waals surface area contributed by atoms with E-state index in [-0.39, 0.29) is 5.41 Å². The fourth-order valence-electron chi connectivity index (χ4n) is 2.44. The first-order chi connectivity index (χ1) is 7.50. The SMILES string of the molecule is C[C@H](c1ccccc1)N1C[C@@H](N)C(C)(C)C1. The van der Waals surface area contributed by atoms with Gasteiger partial charge in [0.15, 0.2) is 0 Å². The Hall–Kier alpha value is -0.860. The molecule has 2 heteroatoms. The summed E-state index contributed by atoms with van der Waals surface area (Å²) in [6.45, 7) is 8.88. The lowest BCUT2D eigenvalue weighted by molar-refractivity contribution is 0.232. The second kappa shape index (κ2) is 4.19. The van der Waals surface area contributed by atoms with Gasteiger partial charge in [-0.25, -0.2) is 0 Å². The molecule has 0 aromatic heterocycles. The highest BCUT2D eigenvalue weighted by Crippen LogP contribution is 2.33. The van der Waals surface area contributed by atoms with Gasteiger partial charge < -0.3 is 5.73 Å². The van der Waals surface area contributed by atoms with Crippen LogP contribution in [0.3, 0.4) is 0 Å². The molecule has 1 aliphatic rings. The largest absolute Gasteiger partial charge is 0.326 e. The molecular weight excluding hydrogens is 196 g/mol. The van der Waals surface area contributed by atoms with E-state index in [1.807, 2.05) is 0 Å². The lowest BCUT2D eigenvalue weighted by Crippen LogP contribution is -2.35. The maximum absolute atomic E-state index is 6.18. The summed E-state index contributed by atoms with van der Waals surface area (Å²) in [6, 6.07) is 11.4. The average Bonchev–Trinajstić information content (AvgIpc) is 2.54. The zero-order valence-electron chi connectivity index (χ0n) is 10.5. The van der Waals surface area contributed by atoms with Gasteiger partial charge in [-0.15, -0.1) is 0 Å². The van der Waals surface area contributed by atoms with E-state index in [9.17, 15) is 0 Å². The van der Waals surface area contributed by atoms with E-state index in [1.165, 1.54) is 5.56 Å². The van der Waals surface area contributed by atoms with E-state index in [0.717, 1.165) is 13.1 Å². The van der Waals surface area contributed by atoms with Crippen LogP contribution in [0.5, 0.6) is 0 Å². The molecule has 0 bridgehead atoms. The van der Waals surface area contributed by atoms with Crippen molar-refractivity contribution in [1.29, 1.82) is 0 Å². The van der Waals surface area contributed by atoms with Crippen molar-refractivity contribution in [3.63, 3.8) is 0 Å². The summed E-state index contributed by atoms with van der Waals surface area (Å²) in [4.78, 5) is 2.49. The second-order valence-corrected chi connectivity index (χ2v) is 5.61. The molecule has 0 amide bonds. The molecule has 1 fully saturated rings. The van der Waals surface area contributed by atoms with Gasteiger partial charge in [-0.1, -0.05) is 44.2 Å². The topological polar surface area (TPSA) is 29.3 Å². The second-order valence-electron chi connectivity index (χ2n) is 5.61. The molecule has 0 saturated carbocycles. The smallest absolute Gasteiger partial charge is 0.0320 e. The van der Waals surface area contributed by atoms with E-state index < -0.39 is 0 Å². The third-order valence-corrected chi connectivity index (χ3v) is 3.88. The van der Waals surface area contributed by atoms with Crippen molar-refractivity contribution in [3.8, 4) is 0 Å². The summed E-state index contributed by atoms with van der Waals surface area (Å²) in [5.41, 5.74) is 7.80. The molecule has 2 N–H and O–H groups in total. The van der Waals surface area contributed by atoms with Crippen molar-refractivity contribution < 1.29 is 0 Å². The van der Waals surface area contributed by atoms with Crippen LogP contribution in [-0.2, 0) is 0 Å². The first kappa shape index (κ1) is 11.6. The third-order valence-electron chi connectivity index (χ3n) is 3.88. The van der Waals surface area contributed by atoms with Crippen LogP contribution in [0, 0.1) is 5.41 Å². The summed E-state index contributed by atoms with van der Waals surface area (Å²) >= 11 is 0. The average molecular weight is 218 g/mol. The first-order valence-electron chi connectivity index (χ1n) is 6.05. The fraction of sp³-hybridized carbons (Fsp3) is 0.571. The molecule has 1 aliphatic heterocycles. The van der Waals surface area contributed by atoms with Crippen molar-refractivity contribution in [2.75, 3.05) is 13.1 Å². The van der Waals surface area contributed by atoms with Crippen LogP contribution in [0.25, 0.3) is 0 Å². The van der Waals surface area contributed by atoms with Crippen molar-refractivity contribution in [2.45, 2.75) is 32.9 Å². The summed E-state index contributed by atoms with van der Waals surface area (Å²) in [5, 5.41) is 0. The molecule has 88 valence electrons. The number of nitrogens with zero attached hydrogens (tertiary/aromatic N) is 1. The zero-order valence-corrected chi connectivity index (χ0v) is 10.5. The molecule has 2 nitrogen and oxygen atoms in total. The van der Waals surface area contributed by atoms with Crippen LogP contribution in [0.4, 0.5) is 0 Å². The summed E-state index contributed by atoms with van der Waals surface area (Å²) < 4.78 is 0. The van der Waals surface area contributed by atoms with Gasteiger partial charge in [-0.05, 0) is 17.9 Å². The standard InChI is InChI=1S/C14H22N2/c1-11(12-7-5-4-6-8-12)16-9-13(15)14(2,3)10-16/h4-8,11,13H,9-10,15H2,1-3H3/t11-,13-/m1/s1. The normalized spacial score (nSPS) is 26.9. The van der Waals surface area contributed by atoms with E-state index in [1.54, 1.807) is 0 Å². The quantitative estimate of drug-likeness (QED) is 0.826. The van der Waals surface area contributed by atoms with Crippen LogP contribution in [-0.4, -0.2) is 24.0 Å². The van der Waals surface area contributed by atoms with E-state index in [4.69, 9.17) is 5.73 Å². The van der Waals surface area contributed by atoms with E-state index in [0.29, 0.717) is 12.1 Å². The molecule has 0 aliphatic carbocycles. The Balaban J connectivity index is 2.11. The number of hydrogen-bond donors (Lipinski definition) is 1. The molecule has 16 heavy (non-hydrogen) atoms. The predicted octanol–water partition coefficient (Wildman–Crippen LogP) is 2.42. The Bertz CT molecular complexity index is 345. The van der Waals surface area contributed by atoms with Gasteiger partial charge in [-0.3, -0.25) is 4.90 Å². The first-order valence-corrected chi connectivity index (χ1v) is 6.05. The number of likely N-dealkylation sites (tertiary alicyclic amines) is 1. The molecule has 1 heterocycles. The Morgan fingerprint density at radius 1 is 1.31 bits per heavy atom. The number of hydrogen-bond acceptors (Lipinski definition) is 2. The summed E-state index contributed by atoms with van der Waals surface area (Å²) in [5.74, 6) is 0. The van der Waals surface area contributed by atoms with Crippen LogP contribution in [0.2, 0.25) is 0 Å². The van der Waals surface area contributed by atoms with Gasteiger partial charge in [0.2, 0.25) is 0 Å². The van der Waals surface area contributed by atoms with Crippen molar-refractivity contribution >= 4 is 0 Å². The van der Waals surface area contributed by atoms with Crippen LogP contribution in [0.1, 0.15) is 32.4 Å². The van der Waals surface area contributed by atoms with Crippen molar-refractivity contribution in [3.05, 3.63) is 35.9 Å².